The molecule has 0 radical (unpaired) electrons. The Morgan fingerprint density at radius 3 is 2.23 bits per heavy atom. The number of sulfonamides is 1. The summed E-state index contributed by atoms with van der Waals surface area (Å²) in [6.07, 6.45) is 2.87. The molecule has 0 aliphatic rings. The van der Waals surface area contributed by atoms with Crippen molar-refractivity contribution in [3.8, 4) is 0 Å². The van der Waals surface area contributed by atoms with Crippen LogP contribution in [0.1, 0.15) is 17.0 Å². The van der Waals surface area contributed by atoms with E-state index in [1.165, 1.54) is 30.3 Å². The van der Waals surface area contributed by atoms with Crippen molar-refractivity contribution in [2.45, 2.75) is 18.7 Å². The molecule has 1 amide bonds. The van der Waals surface area contributed by atoms with E-state index in [0.29, 0.717) is 32.7 Å². The van der Waals surface area contributed by atoms with E-state index >= 15 is 0 Å². The van der Waals surface area contributed by atoms with Gasteiger partial charge >= 0.3 is 0 Å². The van der Waals surface area contributed by atoms with Gasteiger partial charge in [0.2, 0.25) is 11.9 Å². The number of aromatic nitrogens is 2. The van der Waals surface area contributed by atoms with Crippen LogP contribution in [0, 0.1) is 13.8 Å². The Morgan fingerprint density at radius 1 is 0.968 bits per heavy atom. The molecule has 31 heavy (non-hydrogen) atoms. The number of carbonyl (C=O) groups is 1. The van der Waals surface area contributed by atoms with Gasteiger partial charge in [-0.15, -0.1) is 0 Å². The monoisotopic (exact) mass is 476 g/mol. The molecule has 0 spiro atoms. The van der Waals surface area contributed by atoms with E-state index in [2.05, 4.69) is 20.0 Å². The van der Waals surface area contributed by atoms with Crippen LogP contribution in [0.2, 0.25) is 10.0 Å². The minimum absolute atomic E-state index is 0.000812. The first-order chi connectivity index (χ1) is 14.6. The van der Waals surface area contributed by atoms with Crippen LogP contribution in [-0.2, 0) is 14.8 Å². The topological polar surface area (TPSA) is 101 Å². The summed E-state index contributed by atoms with van der Waals surface area (Å²) in [5.41, 5.74) is 2.37. The molecule has 10 heteroatoms. The molecule has 0 aliphatic carbocycles. The molecule has 1 aromatic heterocycles. The molecule has 0 saturated carbocycles. The number of anilines is 2. The van der Waals surface area contributed by atoms with Crippen molar-refractivity contribution in [3.63, 3.8) is 0 Å². The van der Waals surface area contributed by atoms with Crippen LogP contribution >= 0.6 is 23.2 Å². The lowest BCUT2D eigenvalue weighted by atomic mass is 10.2. The second-order valence-electron chi connectivity index (χ2n) is 6.59. The number of hydrogen-bond donors (Lipinski definition) is 2. The molecule has 3 rings (SSSR count). The predicted molar refractivity (Wildman–Crippen MR) is 123 cm³/mol. The van der Waals surface area contributed by atoms with Crippen molar-refractivity contribution in [3.05, 3.63) is 81.6 Å². The summed E-state index contributed by atoms with van der Waals surface area (Å²) in [6, 6.07) is 12.4. The molecule has 0 bridgehead atoms. The van der Waals surface area contributed by atoms with Gasteiger partial charge in [0.05, 0.1) is 4.90 Å². The summed E-state index contributed by atoms with van der Waals surface area (Å²) in [6.45, 7) is 3.50. The van der Waals surface area contributed by atoms with Crippen LogP contribution in [0.5, 0.6) is 0 Å². The zero-order valence-electron chi connectivity index (χ0n) is 16.6. The molecule has 0 aliphatic heterocycles. The molecule has 7 nitrogen and oxygen atoms in total. The zero-order valence-corrected chi connectivity index (χ0v) is 18.9. The molecule has 2 aromatic carbocycles. The number of rotatable bonds is 6. The van der Waals surface area contributed by atoms with Crippen molar-refractivity contribution in [1.29, 1.82) is 0 Å². The summed E-state index contributed by atoms with van der Waals surface area (Å²) >= 11 is 11.9. The third kappa shape index (κ3) is 6.27. The second-order valence-corrected chi connectivity index (χ2v) is 9.12. The molecule has 3 aromatic rings. The third-order valence-electron chi connectivity index (χ3n) is 4.02. The zero-order chi connectivity index (χ0) is 22.6. The molecular weight excluding hydrogens is 459 g/mol. The molecule has 0 atom stereocenters. The van der Waals surface area contributed by atoms with Crippen molar-refractivity contribution in [1.82, 2.24) is 9.97 Å². The van der Waals surface area contributed by atoms with Crippen LogP contribution in [0.4, 0.5) is 11.6 Å². The number of halogens is 2. The van der Waals surface area contributed by atoms with Crippen LogP contribution in [0.25, 0.3) is 6.08 Å². The van der Waals surface area contributed by atoms with Gasteiger partial charge in [-0.3, -0.25) is 4.79 Å². The Labute approximate surface area is 190 Å². The highest BCUT2D eigenvalue weighted by Gasteiger charge is 2.16. The van der Waals surface area contributed by atoms with Crippen molar-refractivity contribution in [2.24, 2.45) is 0 Å². The Bertz CT molecular complexity index is 1240. The second kappa shape index (κ2) is 9.47. The van der Waals surface area contributed by atoms with Gasteiger partial charge in [0.25, 0.3) is 10.0 Å². The summed E-state index contributed by atoms with van der Waals surface area (Å²) in [5, 5.41) is 3.57. The first kappa shape index (κ1) is 22.7. The van der Waals surface area contributed by atoms with Crippen molar-refractivity contribution < 1.29 is 13.2 Å². The lowest BCUT2D eigenvalue weighted by Gasteiger charge is -2.09. The van der Waals surface area contributed by atoms with E-state index in [1.54, 1.807) is 44.2 Å². The van der Waals surface area contributed by atoms with E-state index in [4.69, 9.17) is 23.2 Å². The van der Waals surface area contributed by atoms with Gasteiger partial charge in [0.15, 0.2) is 0 Å². The SMILES string of the molecule is Cc1cc(C)nc(NS(=O)(=O)c2ccc(NC(=O)/C=C/c3ccc(Cl)cc3Cl)cc2)n1. The number of benzene rings is 2. The third-order valence-corrected chi connectivity index (χ3v) is 5.92. The number of carbonyl (C=O) groups excluding carboxylic acids is 1. The molecule has 0 saturated heterocycles. The number of aryl methyl sites for hydroxylation is 2. The Hall–Kier alpha value is -2.94. The first-order valence-electron chi connectivity index (χ1n) is 9.02. The van der Waals surface area contributed by atoms with E-state index in [1.807, 2.05) is 0 Å². The number of amides is 1. The van der Waals surface area contributed by atoms with Crippen LogP contribution in [-0.4, -0.2) is 24.3 Å². The molecule has 2 N–H and O–H groups in total. The summed E-state index contributed by atoms with van der Waals surface area (Å²) in [5.74, 6) is -0.399. The Balaban J connectivity index is 1.67. The van der Waals surface area contributed by atoms with Gasteiger partial charge in [0, 0.05) is 33.2 Å². The maximum Gasteiger partial charge on any atom is 0.264 e. The average molecular weight is 477 g/mol. The fourth-order valence-electron chi connectivity index (χ4n) is 2.65. The van der Waals surface area contributed by atoms with Crippen molar-refractivity contribution >= 4 is 56.8 Å². The van der Waals surface area contributed by atoms with Gasteiger partial charge in [-0.1, -0.05) is 29.3 Å². The smallest absolute Gasteiger partial charge is 0.264 e. The fourth-order valence-corrected chi connectivity index (χ4v) is 4.07. The van der Waals surface area contributed by atoms with E-state index < -0.39 is 15.9 Å². The maximum absolute atomic E-state index is 12.6. The van der Waals surface area contributed by atoms with E-state index in [-0.39, 0.29) is 10.8 Å². The average Bonchev–Trinajstić information content (AvgIpc) is 2.66. The minimum atomic E-state index is -3.87. The van der Waals surface area contributed by atoms with Gasteiger partial charge in [0.1, 0.15) is 0 Å². The number of nitrogens with one attached hydrogen (secondary N) is 2. The van der Waals surface area contributed by atoms with Gasteiger partial charge in [-0.2, -0.15) is 0 Å². The highest BCUT2D eigenvalue weighted by Crippen LogP contribution is 2.22. The van der Waals surface area contributed by atoms with Gasteiger partial charge < -0.3 is 5.32 Å². The Kier molecular flexibility index (Phi) is 6.94. The van der Waals surface area contributed by atoms with Crippen LogP contribution in [0.3, 0.4) is 0 Å². The van der Waals surface area contributed by atoms with Gasteiger partial charge in [-0.05, 0) is 68.0 Å². The fraction of sp³-hybridized carbons (Fsp3) is 0.0952. The van der Waals surface area contributed by atoms with Crippen molar-refractivity contribution in [2.75, 3.05) is 10.0 Å². The number of nitrogens with zero attached hydrogens (tertiary/aromatic N) is 2. The highest BCUT2D eigenvalue weighted by atomic mass is 35.5. The first-order valence-corrected chi connectivity index (χ1v) is 11.3. The van der Waals surface area contributed by atoms with Crippen LogP contribution < -0.4 is 10.0 Å². The predicted octanol–water partition coefficient (Wildman–Crippen LogP) is 4.85. The van der Waals surface area contributed by atoms with E-state index in [0.717, 1.165) is 0 Å². The largest absolute Gasteiger partial charge is 0.323 e. The molecular formula is C21H18Cl2N4O3S. The lowest BCUT2D eigenvalue weighted by molar-refractivity contribution is -0.111. The minimum Gasteiger partial charge on any atom is -0.323 e. The lowest BCUT2D eigenvalue weighted by Crippen LogP contribution is -2.16. The van der Waals surface area contributed by atoms with Gasteiger partial charge in [-0.25, -0.2) is 23.1 Å². The standard InChI is InChI=1S/C21H18Cl2N4O3S/c1-13-11-14(2)25-21(24-13)27-31(29,30)18-8-6-17(7-9-18)26-20(28)10-4-15-3-5-16(22)12-19(15)23/h3-12H,1-2H3,(H,26,28)(H,24,25,27)/b10-4+. The quantitative estimate of drug-likeness (QED) is 0.494. The summed E-state index contributed by atoms with van der Waals surface area (Å²) < 4.78 is 27.5. The maximum atomic E-state index is 12.6. The normalized spacial score (nSPS) is 11.5. The molecule has 1 heterocycles. The van der Waals surface area contributed by atoms with Crippen LogP contribution in [0.15, 0.2) is 59.5 Å². The highest BCUT2D eigenvalue weighted by molar-refractivity contribution is 7.92. The van der Waals surface area contributed by atoms with E-state index in [9.17, 15) is 13.2 Å². The molecule has 0 fully saturated rings. The summed E-state index contributed by atoms with van der Waals surface area (Å²) in [7, 11) is -3.87. The molecule has 160 valence electrons. The Morgan fingerprint density at radius 2 is 1.61 bits per heavy atom. The number of hydrogen-bond acceptors (Lipinski definition) is 5. The molecule has 0 unspecified atom stereocenters. The summed E-state index contributed by atoms with van der Waals surface area (Å²) in [4.78, 5) is 20.3.